The van der Waals surface area contributed by atoms with Gasteiger partial charge in [0, 0.05) is 12.5 Å². The Balaban J connectivity index is 3.03. The van der Waals surface area contributed by atoms with Crippen molar-refractivity contribution in [3.05, 3.63) is 41.2 Å². The molecule has 1 aromatic rings. The van der Waals surface area contributed by atoms with Gasteiger partial charge in [-0.05, 0) is 17.7 Å². The number of hydrogen-bond donors (Lipinski definition) is 0. The van der Waals surface area contributed by atoms with E-state index in [2.05, 4.69) is 0 Å². The van der Waals surface area contributed by atoms with Gasteiger partial charge in [-0.2, -0.15) is 13.2 Å². The molecule has 0 aliphatic carbocycles. The highest BCUT2D eigenvalue weighted by Crippen LogP contribution is 2.31. The van der Waals surface area contributed by atoms with Gasteiger partial charge in [0.1, 0.15) is 11.8 Å². The van der Waals surface area contributed by atoms with Crippen molar-refractivity contribution in [1.29, 1.82) is 0 Å². The summed E-state index contributed by atoms with van der Waals surface area (Å²) >= 11 is 0. The van der Waals surface area contributed by atoms with E-state index in [0.717, 1.165) is 18.2 Å². The first-order valence-corrected chi connectivity index (χ1v) is 4.00. The summed E-state index contributed by atoms with van der Waals surface area (Å²) in [7, 11) is 0. The fourth-order valence-electron chi connectivity index (χ4n) is 1.07. The van der Waals surface area contributed by atoms with Crippen molar-refractivity contribution in [3.63, 3.8) is 0 Å². The SMILES string of the molecule is O=C=CCc1ccc(C(F)(F)F)c(F)c1. The summed E-state index contributed by atoms with van der Waals surface area (Å²) in [6, 6.07) is 2.54. The molecule has 0 atom stereocenters. The number of alkyl halides is 3. The molecular weight excluding hydrogens is 212 g/mol. The predicted octanol–water partition coefficient (Wildman–Crippen LogP) is 2.77. The van der Waals surface area contributed by atoms with E-state index in [4.69, 9.17) is 0 Å². The van der Waals surface area contributed by atoms with Crippen molar-refractivity contribution in [1.82, 2.24) is 0 Å². The van der Waals surface area contributed by atoms with Crippen LogP contribution in [0.5, 0.6) is 0 Å². The molecule has 1 rings (SSSR count). The van der Waals surface area contributed by atoms with E-state index in [1.165, 1.54) is 5.94 Å². The Morgan fingerprint density at radius 2 is 2.00 bits per heavy atom. The Morgan fingerprint density at radius 1 is 1.33 bits per heavy atom. The third kappa shape index (κ3) is 2.92. The molecule has 0 N–H and O–H groups in total. The highest BCUT2D eigenvalue weighted by Gasteiger charge is 2.33. The zero-order valence-corrected chi connectivity index (χ0v) is 7.44. The zero-order valence-electron chi connectivity index (χ0n) is 7.44. The van der Waals surface area contributed by atoms with Crippen LogP contribution in [0.3, 0.4) is 0 Å². The molecule has 0 aromatic heterocycles. The number of carbonyl (C=O) groups excluding carboxylic acids is 1. The summed E-state index contributed by atoms with van der Waals surface area (Å²) in [5, 5.41) is 0. The first-order valence-electron chi connectivity index (χ1n) is 4.00. The van der Waals surface area contributed by atoms with E-state index in [1.54, 1.807) is 0 Å². The van der Waals surface area contributed by atoms with E-state index in [0.29, 0.717) is 11.6 Å². The van der Waals surface area contributed by atoms with E-state index in [9.17, 15) is 22.4 Å². The quantitative estimate of drug-likeness (QED) is 0.551. The van der Waals surface area contributed by atoms with Crippen LogP contribution in [0, 0.1) is 5.82 Å². The van der Waals surface area contributed by atoms with Crippen LogP contribution < -0.4 is 0 Å². The maximum Gasteiger partial charge on any atom is 0.419 e. The molecule has 80 valence electrons. The topological polar surface area (TPSA) is 17.1 Å². The van der Waals surface area contributed by atoms with Crippen LogP contribution in [0.15, 0.2) is 24.3 Å². The predicted molar refractivity (Wildman–Crippen MR) is 45.4 cm³/mol. The van der Waals surface area contributed by atoms with Crippen molar-refractivity contribution < 1.29 is 22.4 Å². The van der Waals surface area contributed by atoms with Crippen LogP contribution in [0.25, 0.3) is 0 Å². The van der Waals surface area contributed by atoms with Crippen molar-refractivity contribution in [2.45, 2.75) is 12.6 Å². The van der Waals surface area contributed by atoms with Crippen molar-refractivity contribution >= 4 is 5.94 Å². The van der Waals surface area contributed by atoms with Gasteiger partial charge in [0.25, 0.3) is 0 Å². The van der Waals surface area contributed by atoms with Gasteiger partial charge in [0.15, 0.2) is 0 Å². The maximum absolute atomic E-state index is 12.9. The summed E-state index contributed by atoms with van der Waals surface area (Å²) in [5.74, 6) is 0.127. The van der Waals surface area contributed by atoms with Gasteiger partial charge in [-0.3, -0.25) is 0 Å². The third-order valence-electron chi connectivity index (χ3n) is 1.76. The van der Waals surface area contributed by atoms with E-state index < -0.39 is 17.6 Å². The lowest BCUT2D eigenvalue weighted by atomic mass is 10.1. The number of benzene rings is 1. The fourth-order valence-corrected chi connectivity index (χ4v) is 1.07. The number of halogens is 4. The molecule has 0 unspecified atom stereocenters. The molecule has 5 heteroatoms. The first kappa shape index (κ1) is 11.5. The van der Waals surface area contributed by atoms with Gasteiger partial charge < -0.3 is 0 Å². The normalized spacial score (nSPS) is 10.9. The zero-order chi connectivity index (χ0) is 11.5. The molecule has 0 aliphatic heterocycles. The summed E-state index contributed by atoms with van der Waals surface area (Å²) in [6.45, 7) is 0. The minimum absolute atomic E-state index is 0.0680. The third-order valence-corrected chi connectivity index (χ3v) is 1.76. The van der Waals surface area contributed by atoms with E-state index in [-0.39, 0.29) is 6.42 Å². The molecule has 0 spiro atoms. The van der Waals surface area contributed by atoms with Crippen LogP contribution in [0.4, 0.5) is 17.6 Å². The van der Waals surface area contributed by atoms with E-state index in [1.807, 2.05) is 0 Å². The summed E-state index contributed by atoms with van der Waals surface area (Å²) in [4.78, 5) is 9.83. The smallest absolute Gasteiger partial charge is 0.234 e. The Morgan fingerprint density at radius 3 is 2.47 bits per heavy atom. The Kier molecular flexibility index (Phi) is 3.27. The van der Waals surface area contributed by atoms with Crippen molar-refractivity contribution in [3.8, 4) is 0 Å². The lowest BCUT2D eigenvalue weighted by molar-refractivity contribution is -0.140. The molecule has 0 saturated heterocycles. The standard InChI is InChI=1S/C10H6F4O/c11-9-6-7(2-1-5-15)3-4-8(9)10(12,13)14/h1,3-4,6H,2H2. The van der Waals surface area contributed by atoms with Crippen LogP contribution in [-0.4, -0.2) is 5.94 Å². The van der Waals surface area contributed by atoms with Crippen LogP contribution in [0.2, 0.25) is 0 Å². The average Bonchev–Trinajstić information content (AvgIpc) is 2.12. The Hall–Kier alpha value is -1.61. The Bertz CT molecular complexity index is 402. The summed E-state index contributed by atoms with van der Waals surface area (Å²) in [5.41, 5.74) is -1.01. The molecule has 1 nitrogen and oxygen atoms in total. The van der Waals surface area contributed by atoms with Gasteiger partial charge in [0.05, 0.1) is 5.56 Å². The van der Waals surface area contributed by atoms with E-state index >= 15 is 0 Å². The van der Waals surface area contributed by atoms with Gasteiger partial charge in [0.2, 0.25) is 0 Å². The van der Waals surface area contributed by atoms with Gasteiger partial charge in [-0.1, -0.05) is 6.07 Å². The second-order valence-corrected chi connectivity index (χ2v) is 2.84. The maximum atomic E-state index is 12.9. The summed E-state index contributed by atoms with van der Waals surface area (Å²) < 4.78 is 49.3. The second-order valence-electron chi connectivity index (χ2n) is 2.84. The average molecular weight is 218 g/mol. The molecule has 15 heavy (non-hydrogen) atoms. The summed E-state index contributed by atoms with van der Waals surface area (Å²) in [6.07, 6.45) is -3.55. The molecule has 0 fully saturated rings. The lowest BCUT2D eigenvalue weighted by Crippen LogP contribution is -2.08. The molecule has 0 bridgehead atoms. The molecule has 0 amide bonds. The molecular formula is C10H6F4O. The minimum atomic E-state index is -4.69. The molecule has 0 heterocycles. The molecule has 0 saturated carbocycles. The highest BCUT2D eigenvalue weighted by molar-refractivity contribution is 5.46. The van der Waals surface area contributed by atoms with Crippen LogP contribution in [-0.2, 0) is 17.4 Å². The second kappa shape index (κ2) is 4.28. The van der Waals surface area contributed by atoms with Crippen molar-refractivity contribution in [2.75, 3.05) is 0 Å². The fraction of sp³-hybridized carbons (Fsp3) is 0.200. The largest absolute Gasteiger partial charge is 0.419 e. The van der Waals surface area contributed by atoms with Crippen LogP contribution >= 0.6 is 0 Å². The number of hydrogen-bond acceptors (Lipinski definition) is 1. The van der Waals surface area contributed by atoms with Gasteiger partial charge in [-0.15, -0.1) is 0 Å². The first-order chi connectivity index (χ1) is 6.95. The van der Waals surface area contributed by atoms with Crippen molar-refractivity contribution in [2.24, 2.45) is 0 Å². The molecule has 1 aromatic carbocycles. The number of rotatable bonds is 2. The lowest BCUT2D eigenvalue weighted by Gasteiger charge is -2.08. The number of allylic oxidation sites excluding steroid dienone is 1. The molecule has 0 radical (unpaired) electrons. The van der Waals surface area contributed by atoms with Gasteiger partial charge >= 0.3 is 6.18 Å². The molecule has 0 aliphatic rings. The van der Waals surface area contributed by atoms with Gasteiger partial charge in [-0.25, -0.2) is 9.18 Å². The Labute approximate surface area is 83.0 Å². The highest BCUT2D eigenvalue weighted by atomic mass is 19.4. The minimum Gasteiger partial charge on any atom is -0.234 e. The monoisotopic (exact) mass is 218 g/mol. The van der Waals surface area contributed by atoms with Crippen LogP contribution in [0.1, 0.15) is 11.1 Å².